The second-order valence-corrected chi connectivity index (χ2v) is 10.9. The zero-order valence-electron chi connectivity index (χ0n) is 22.4. The molecule has 0 amide bonds. The molecule has 188 valence electrons. The zero-order chi connectivity index (χ0) is 26.3. The number of hydrogen-bond donors (Lipinski definition) is 0. The molecule has 5 aromatic rings. The van der Waals surface area contributed by atoms with Gasteiger partial charge in [-0.3, -0.25) is 0 Å². The van der Waals surface area contributed by atoms with Gasteiger partial charge in [0.2, 0.25) is 0 Å². The molecule has 1 aliphatic rings. The number of anilines is 3. The van der Waals surface area contributed by atoms with E-state index < -0.39 is 0 Å². The molecule has 0 unspecified atom stereocenters. The number of para-hydroxylation sites is 1. The molecule has 0 bridgehead atoms. The molecule has 0 spiro atoms. The smallest absolute Gasteiger partial charge is 0.399 e. The molecule has 0 radical (unpaired) electrons. The van der Waals surface area contributed by atoms with Gasteiger partial charge in [0, 0.05) is 17.1 Å². The highest BCUT2D eigenvalue weighted by Gasteiger charge is 2.51. The molecule has 0 N–H and O–H groups in total. The van der Waals surface area contributed by atoms with Crippen LogP contribution in [0.1, 0.15) is 27.7 Å². The minimum absolute atomic E-state index is 0.363. The van der Waals surface area contributed by atoms with Gasteiger partial charge in [-0.2, -0.15) is 0 Å². The summed E-state index contributed by atoms with van der Waals surface area (Å²) in [6.45, 7) is 8.33. The van der Waals surface area contributed by atoms with E-state index in [1.807, 2.05) is 6.07 Å². The molecular weight excluding hydrogens is 465 g/mol. The first-order valence-electron chi connectivity index (χ1n) is 13.2. The summed E-state index contributed by atoms with van der Waals surface area (Å²) in [6, 6.07) is 42.8. The Morgan fingerprint density at radius 3 is 1.71 bits per heavy atom. The minimum atomic E-state index is -0.376. The van der Waals surface area contributed by atoms with Gasteiger partial charge in [0.05, 0.1) is 11.2 Å². The summed E-state index contributed by atoms with van der Waals surface area (Å²) in [6.07, 6.45) is 0. The van der Waals surface area contributed by atoms with E-state index >= 15 is 0 Å². The molecule has 0 saturated carbocycles. The summed E-state index contributed by atoms with van der Waals surface area (Å²) in [5.74, 6) is 0. The zero-order valence-corrected chi connectivity index (χ0v) is 22.4. The molecule has 38 heavy (non-hydrogen) atoms. The highest BCUT2D eigenvalue weighted by molar-refractivity contribution is 6.62. The van der Waals surface area contributed by atoms with Crippen molar-refractivity contribution in [2.24, 2.45) is 0 Å². The third-order valence-corrected chi connectivity index (χ3v) is 7.92. The van der Waals surface area contributed by atoms with Crippen molar-refractivity contribution in [3.8, 4) is 11.1 Å². The Kier molecular flexibility index (Phi) is 6.10. The van der Waals surface area contributed by atoms with Crippen molar-refractivity contribution in [3.05, 3.63) is 121 Å². The predicted octanol–water partition coefficient (Wildman–Crippen LogP) is 8.28. The van der Waals surface area contributed by atoms with Crippen LogP contribution in [0, 0.1) is 0 Å². The lowest BCUT2D eigenvalue weighted by Gasteiger charge is -2.32. The van der Waals surface area contributed by atoms with E-state index in [9.17, 15) is 0 Å². The second-order valence-electron chi connectivity index (χ2n) is 10.9. The van der Waals surface area contributed by atoms with Crippen LogP contribution in [0.5, 0.6) is 0 Å². The van der Waals surface area contributed by atoms with Crippen LogP contribution < -0.4 is 10.4 Å². The number of nitrogens with zero attached hydrogens (tertiary/aromatic N) is 1. The van der Waals surface area contributed by atoms with Crippen molar-refractivity contribution >= 4 is 40.4 Å². The molecule has 0 aromatic heterocycles. The Morgan fingerprint density at radius 1 is 0.526 bits per heavy atom. The van der Waals surface area contributed by atoms with E-state index in [1.54, 1.807) is 0 Å². The number of hydrogen-bond acceptors (Lipinski definition) is 3. The molecule has 1 fully saturated rings. The first kappa shape index (κ1) is 24.5. The maximum absolute atomic E-state index is 6.27. The van der Waals surface area contributed by atoms with E-state index in [0.29, 0.717) is 0 Å². The van der Waals surface area contributed by atoms with Crippen LogP contribution in [-0.4, -0.2) is 18.3 Å². The number of benzene rings is 5. The molecule has 4 heteroatoms. The third kappa shape index (κ3) is 4.40. The maximum atomic E-state index is 6.27. The Bertz CT molecular complexity index is 1540. The van der Waals surface area contributed by atoms with Crippen LogP contribution in [0.15, 0.2) is 121 Å². The van der Waals surface area contributed by atoms with Gasteiger partial charge < -0.3 is 14.2 Å². The van der Waals surface area contributed by atoms with Gasteiger partial charge in [-0.05, 0) is 91.5 Å². The van der Waals surface area contributed by atoms with E-state index in [4.69, 9.17) is 9.31 Å². The van der Waals surface area contributed by atoms with Crippen molar-refractivity contribution in [1.82, 2.24) is 0 Å². The van der Waals surface area contributed by atoms with Crippen molar-refractivity contribution in [2.45, 2.75) is 38.9 Å². The first-order valence-corrected chi connectivity index (χ1v) is 13.2. The summed E-state index contributed by atoms with van der Waals surface area (Å²) in [7, 11) is -0.376. The molecular formula is C34H32BNO2. The fraction of sp³-hybridized carbons (Fsp3) is 0.176. The molecule has 0 atom stereocenters. The van der Waals surface area contributed by atoms with Crippen molar-refractivity contribution in [1.29, 1.82) is 0 Å². The van der Waals surface area contributed by atoms with Crippen LogP contribution in [0.3, 0.4) is 0 Å². The van der Waals surface area contributed by atoms with E-state index in [1.165, 1.54) is 21.9 Å². The van der Waals surface area contributed by atoms with Gasteiger partial charge in [-0.25, -0.2) is 0 Å². The first-order chi connectivity index (χ1) is 18.3. The molecule has 1 aliphatic heterocycles. The summed E-state index contributed by atoms with van der Waals surface area (Å²) in [5, 5.41) is 2.52. The third-order valence-electron chi connectivity index (χ3n) is 7.92. The summed E-state index contributed by atoms with van der Waals surface area (Å²) in [4.78, 5) is 2.28. The summed E-state index contributed by atoms with van der Waals surface area (Å²) in [5.41, 5.74) is 6.03. The fourth-order valence-electron chi connectivity index (χ4n) is 5.05. The van der Waals surface area contributed by atoms with Crippen molar-refractivity contribution in [3.63, 3.8) is 0 Å². The lowest BCUT2D eigenvalue weighted by molar-refractivity contribution is 0.00578. The molecule has 0 aliphatic carbocycles. The Balaban J connectivity index is 1.34. The SMILES string of the molecule is CC1(C)OB(c2ccc(N(c3ccccc3)c3ccc(-c4cccc5ccccc45)cc3)cc2)OC1(C)C. The lowest BCUT2D eigenvalue weighted by Crippen LogP contribution is -2.41. The Morgan fingerprint density at radius 2 is 1.05 bits per heavy atom. The second kappa shape index (κ2) is 9.47. The largest absolute Gasteiger partial charge is 0.494 e. The van der Waals surface area contributed by atoms with Crippen LogP contribution >= 0.6 is 0 Å². The maximum Gasteiger partial charge on any atom is 0.494 e. The highest BCUT2D eigenvalue weighted by Crippen LogP contribution is 2.38. The monoisotopic (exact) mass is 497 g/mol. The summed E-state index contributed by atoms with van der Waals surface area (Å²) < 4.78 is 12.5. The quantitative estimate of drug-likeness (QED) is 0.228. The Labute approximate surface area is 225 Å². The average Bonchev–Trinajstić information content (AvgIpc) is 3.16. The summed E-state index contributed by atoms with van der Waals surface area (Å²) >= 11 is 0. The van der Waals surface area contributed by atoms with Crippen LogP contribution in [-0.2, 0) is 9.31 Å². The topological polar surface area (TPSA) is 21.7 Å². The molecule has 6 rings (SSSR count). The fourth-order valence-corrected chi connectivity index (χ4v) is 5.05. The molecule has 1 heterocycles. The predicted molar refractivity (Wildman–Crippen MR) is 160 cm³/mol. The van der Waals surface area contributed by atoms with Crippen LogP contribution in [0.25, 0.3) is 21.9 Å². The average molecular weight is 497 g/mol. The lowest BCUT2D eigenvalue weighted by atomic mass is 9.79. The van der Waals surface area contributed by atoms with Gasteiger partial charge in [-0.15, -0.1) is 0 Å². The van der Waals surface area contributed by atoms with Gasteiger partial charge in [0.15, 0.2) is 0 Å². The molecule has 1 saturated heterocycles. The van der Waals surface area contributed by atoms with Crippen LogP contribution in [0.2, 0.25) is 0 Å². The standard InChI is InChI=1S/C34H32BNO2/c1-33(2)34(3,4)38-35(37-33)27-19-23-30(24-20-27)36(28-13-6-5-7-14-28)29-21-17-26(18-22-29)32-16-10-12-25-11-8-9-15-31(25)32/h5-24H,1-4H3. The number of rotatable bonds is 5. The van der Waals surface area contributed by atoms with E-state index in [0.717, 1.165) is 22.5 Å². The van der Waals surface area contributed by atoms with Crippen molar-refractivity contribution in [2.75, 3.05) is 4.90 Å². The van der Waals surface area contributed by atoms with Crippen molar-refractivity contribution < 1.29 is 9.31 Å². The van der Waals surface area contributed by atoms with E-state index in [-0.39, 0.29) is 18.3 Å². The minimum Gasteiger partial charge on any atom is -0.399 e. The van der Waals surface area contributed by atoms with Gasteiger partial charge in [0.25, 0.3) is 0 Å². The number of fused-ring (bicyclic) bond motifs is 1. The van der Waals surface area contributed by atoms with E-state index in [2.05, 4.69) is 148 Å². The van der Waals surface area contributed by atoms with Gasteiger partial charge in [-0.1, -0.05) is 84.9 Å². The van der Waals surface area contributed by atoms with Crippen LogP contribution in [0.4, 0.5) is 17.1 Å². The Hall–Kier alpha value is -3.86. The molecule has 3 nitrogen and oxygen atoms in total. The van der Waals surface area contributed by atoms with Gasteiger partial charge >= 0.3 is 7.12 Å². The van der Waals surface area contributed by atoms with Gasteiger partial charge in [0.1, 0.15) is 0 Å². The highest BCUT2D eigenvalue weighted by atomic mass is 16.7. The normalized spacial score (nSPS) is 16.1. The molecule has 5 aromatic carbocycles.